The Bertz CT molecular complexity index is 789. The lowest BCUT2D eigenvalue weighted by Crippen LogP contribution is -2.13. The van der Waals surface area contributed by atoms with Crippen molar-refractivity contribution in [1.82, 2.24) is 10.2 Å². The molecule has 1 heterocycles. The van der Waals surface area contributed by atoms with Crippen molar-refractivity contribution >= 4 is 49.7 Å². The van der Waals surface area contributed by atoms with Gasteiger partial charge in [0.05, 0.1) is 5.69 Å². The molecule has 0 aliphatic heterocycles. The molecule has 0 saturated carbocycles. The molecule has 0 atom stereocenters. The van der Waals surface area contributed by atoms with Gasteiger partial charge in [-0.2, -0.15) is 8.42 Å². The van der Waals surface area contributed by atoms with Gasteiger partial charge in [-0.1, -0.05) is 22.9 Å². The van der Waals surface area contributed by atoms with Gasteiger partial charge < -0.3 is 5.32 Å². The molecule has 112 valence electrons. The molecule has 21 heavy (non-hydrogen) atoms. The van der Waals surface area contributed by atoms with Crippen LogP contribution >= 0.6 is 22.9 Å². The molecule has 0 spiro atoms. The standard InChI is InChI=1S/C11H11ClN4O3S2/c1-6-5-8(12)3-4-9(6)16-21(18,19)11-15-14-10(20-11)13-7(2)17/h3-5,16H,1-2H3,(H,13,14,17). The summed E-state index contributed by atoms with van der Waals surface area (Å²) >= 11 is 6.58. The highest BCUT2D eigenvalue weighted by Crippen LogP contribution is 2.25. The fourth-order valence-corrected chi connectivity index (χ4v) is 3.75. The maximum atomic E-state index is 12.2. The first-order valence-electron chi connectivity index (χ1n) is 5.68. The van der Waals surface area contributed by atoms with Gasteiger partial charge in [-0.05, 0) is 30.7 Å². The normalized spacial score (nSPS) is 11.2. The minimum atomic E-state index is -3.86. The van der Waals surface area contributed by atoms with E-state index in [9.17, 15) is 13.2 Å². The predicted octanol–water partition coefficient (Wildman–Crippen LogP) is 2.26. The molecule has 0 aliphatic carbocycles. The maximum absolute atomic E-state index is 12.2. The number of carbonyl (C=O) groups is 1. The number of amides is 1. The summed E-state index contributed by atoms with van der Waals surface area (Å²) in [6, 6.07) is 4.78. The molecule has 1 amide bonds. The second kappa shape index (κ2) is 5.96. The number of aromatic nitrogens is 2. The van der Waals surface area contributed by atoms with E-state index < -0.39 is 10.0 Å². The second-order valence-corrected chi connectivity index (χ2v) is 7.39. The Hall–Kier alpha value is -1.71. The van der Waals surface area contributed by atoms with E-state index in [-0.39, 0.29) is 15.4 Å². The summed E-state index contributed by atoms with van der Waals surface area (Å²) in [6.07, 6.45) is 0. The molecule has 2 aromatic rings. The van der Waals surface area contributed by atoms with Gasteiger partial charge >= 0.3 is 0 Å². The van der Waals surface area contributed by atoms with E-state index in [2.05, 4.69) is 20.2 Å². The first-order chi connectivity index (χ1) is 9.78. The van der Waals surface area contributed by atoms with Gasteiger partial charge in [0.1, 0.15) is 0 Å². The van der Waals surface area contributed by atoms with Crippen molar-refractivity contribution in [1.29, 1.82) is 0 Å². The first kappa shape index (κ1) is 15.7. The number of anilines is 2. The summed E-state index contributed by atoms with van der Waals surface area (Å²) in [5, 5.41) is 10.2. The molecule has 0 bridgehead atoms. The molecule has 2 rings (SSSR count). The van der Waals surface area contributed by atoms with Crippen molar-refractivity contribution in [3.8, 4) is 0 Å². The largest absolute Gasteiger partial charge is 0.301 e. The van der Waals surface area contributed by atoms with E-state index in [1.165, 1.54) is 6.92 Å². The summed E-state index contributed by atoms with van der Waals surface area (Å²) in [5.41, 5.74) is 1.08. The lowest BCUT2D eigenvalue weighted by Gasteiger charge is -2.08. The topological polar surface area (TPSA) is 101 Å². The van der Waals surface area contributed by atoms with Crippen LogP contribution in [0.1, 0.15) is 12.5 Å². The Morgan fingerprint density at radius 3 is 2.67 bits per heavy atom. The van der Waals surface area contributed by atoms with Crippen LogP contribution in [0.15, 0.2) is 22.5 Å². The van der Waals surface area contributed by atoms with Gasteiger partial charge in [0.25, 0.3) is 14.4 Å². The lowest BCUT2D eigenvalue weighted by atomic mass is 10.2. The number of sulfonamides is 1. The fraction of sp³-hybridized carbons (Fsp3) is 0.182. The average Bonchev–Trinajstić information content (AvgIpc) is 2.81. The van der Waals surface area contributed by atoms with E-state index in [4.69, 9.17) is 11.6 Å². The van der Waals surface area contributed by atoms with Crippen LogP contribution in [0.5, 0.6) is 0 Å². The van der Waals surface area contributed by atoms with Crippen LogP contribution in [0, 0.1) is 6.92 Å². The number of rotatable bonds is 4. The molecule has 7 nitrogen and oxygen atoms in total. The van der Waals surface area contributed by atoms with Crippen LogP contribution < -0.4 is 10.0 Å². The zero-order valence-electron chi connectivity index (χ0n) is 11.0. The number of carbonyl (C=O) groups excluding carboxylic acids is 1. The zero-order valence-corrected chi connectivity index (χ0v) is 13.4. The van der Waals surface area contributed by atoms with Crippen LogP contribution in [-0.4, -0.2) is 24.5 Å². The summed E-state index contributed by atoms with van der Waals surface area (Å²) in [5.74, 6) is -0.350. The van der Waals surface area contributed by atoms with E-state index in [1.807, 2.05) is 0 Å². The number of nitrogens with one attached hydrogen (secondary N) is 2. The van der Waals surface area contributed by atoms with Crippen molar-refractivity contribution in [2.24, 2.45) is 0 Å². The third kappa shape index (κ3) is 3.90. The minimum Gasteiger partial charge on any atom is -0.301 e. The number of hydrogen-bond donors (Lipinski definition) is 2. The Kier molecular flexibility index (Phi) is 4.45. The van der Waals surface area contributed by atoms with Gasteiger partial charge in [0, 0.05) is 11.9 Å². The summed E-state index contributed by atoms with van der Waals surface area (Å²) < 4.78 is 26.5. The monoisotopic (exact) mass is 346 g/mol. The second-order valence-electron chi connectivity index (χ2n) is 4.12. The van der Waals surface area contributed by atoms with Crippen LogP contribution in [0.2, 0.25) is 5.02 Å². The molecular weight excluding hydrogens is 336 g/mol. The van der Waals surface area contributed by atoms with Crippen molar-refractivity contribution < 1.29 is 13.2 Å². The van der Waals surface area contributed by atoms with E-state index in [1.54, 1.807) is 25.1 Å². The first-order valence-corrected chi connectivity index (χ1v) is 8.36. The van der Waals surface area contributed by atoms with Crippen LogP contribution in [0.25, 0.3) is 0 Å². The SMILES string of the molecule is CC(=O)Nc1nnc(S(=O)(=O)Nc2ccc(Cl)cc2C)s1. The van der Waals surface area contributed by atoms with Gasteiger partial charge in [-0.3, -0.25) is 9.52 Å². The highest BCUT2D eigenvalue weighted by atomic mass is 35.5. The van der Waals surface area contributed by atoms with E-state index in [0.717, 1.165) is 11.3 Å². The number of halogens is 1. The van der Waals surface area contributed by atoms with Crippen LogP contribution in [-0.2, 0) is 14.8 Å². The smallest absolute Gasteiger partial charge is 0.291 e. The molecule has 2 N–H and O–H groups in total. The molecule has 0 fully saturated rings. The molecular formula is C11H11ClN4O3S2. The summed E-state index contributed by atoms with van der Waals surface area (Å²) in [6.45, 7) is 3.03. The van der Waals surface area contributed by atoms with Crippen molar-refractivity contribution in [2.75, 3.05) is 10.0 Å². The summed E-state index contributed by atoms with van der Waals surface area (Å²) in [7, 11) is -3.86. The molecule has 1 aromatic carbocycles. The Morgan fingerprint density at radius 1 is 1.33 bits per heavy atom. The zero-order chi connectivity index (χ0) is 15.6. The third-order valence-electron chi connectivity index (χ3n) is 2.35. The average molecular weight is 347 g/mol. The van der Waals surface area contributed by atoms with Crippen molar-refractivity contribution in [3.05, 3.63) is 28.8 Å². The Labute approximate surface area is 130 Å². The van der Waals surface area contributed by atoms with Gasteiger partial charge in [-0.25, -0.2) is 0 Å². The van der Waals surface area contributed by atoms with Gasteiger partial charge in [0.2, 0.25) is 11.0 Å². The fourth-order valence-electron chi connectivity index (χ4n) is 1.45. The number of aryl methyl sites for hydroxylation is 1. The Morgan fingerprint density at radius 2 is 2.05 bits per heavy atom. The van der Waals surface area contributed by atoms with Crippen LogP contribution in [0.4, 0.5) is 10.8 Å². The highest BCUT2D eigenvalue weighted by Gasteiger charge is 2.21. The molecule has 1 aromatic heterocycles. The lowest BCUT2D eigenvalue weighted by molar-refractivity contribution is -0.114. The number of nitrogens with zero attached hydrogens (tertiary/aromatic N) is 2. The van der Waals surface area contributed by atoms with Gasteiger partial charge in [0.15, 0.2) is 0 Å². The van der Waals surface area contributed by atoms with E-state index >= 15 is 0 Å². The maximum Gasteiger partial charge on any atom is 0.291 e. The van der Waals surface area contributed by atoms with Crippen molar-refractivity contribution in [2.45, 2.75) is 18.2 Å². The van der Waals surface area contributed by atoms with E-state index in [0.29, 0.717) is 16.3 Å². The minimum absolute atomic E-state index is 0.121. The molecule has 0 saturated heterocycles. The third-order valence-corrected chi connectivity index (χ3v) is 5.16. The molecule has 0 unspecified atom stereocenters. The number of hydrogen-bond acceptors (Lipinski definition) is 6. The highest BCUT2D eigenvalue weighted by molar-refractivity contribution is 7.94. The number of benzene rings is 1. The van der Waals surface area contributed by atoms with Gasteiger partial charge in [-0.15, -0.1) is 10.2 Å². The quantitative estimate of drug-likeness (QED) is 0.827. The predicted molar refractivity (Wildman–Crippen MR) is 81.2 cm³/mol. The molecule has 0 aliphatic rings. The van der Waals surface area contributed by atoms with Crippen LogP contribution in [0.3, 0.4) is 0 Å². The Balaban J connectivity index is 2.25. The molecule has 10 heteroatoms. The van der Waals surface area contributed by atoms with Crippen molar-refractivity contribution in [3.63, 3.8) is 0 Å². The summed E-state index contributed by atoms with van der Waals surface area (Å²) in [4.78, 5) is 10.9. The molecule has 0 radical (unpaired) electrons.